The molecule has 1 aromatic heterocycles. The Balaban J connectivity index is 2.03. The van der Waals surface area contributed by atoms with E-state index in [2.05, 4.69) is 15.9 Å². The van der Waals surface area contributed by atoms with Gasteiger partial charge in [-0.05, 0) is 52.7 Å². The quantitative estimate of drug-likeness (QED) is 0.864. The average Bonchev–Trinajstić information content (AvgIpc) is 3.01. The van der Waals surface area contributed by atoms with Crippen molar-refractivity contribution < 1.29 is 19.1 Å². The van der Waals surface area contributed by atoms with E-state index < -0.39 is 17.7 Å². The number of nitrogens with zero attached hydrogens (tertiary/aromatic N) is 1. The van der Waals surface area contributed by atoms with Crippen molar-refractivity contribution in [2.45, 2.75) is 18.9 Å². The minimum Gasteiger partial charge on any atom is -0.481 e. The normalized spacial score (nSPS) is 16.8. The van der Waals surface area contributed by atoms with Crippen LogP contribution >= 0.6 is 15.9 Å². The third kappa shape index (κ3) is 2.29. The zero-order valence-electron chi connectivity index (χ0n) is 10.8. The van der Waals surface area contributed by atoms with Crippen molar-refractivity contribution in [3.8, 4) is 0 Å². The first-order chi connectivity index (χ1) is 9.99. The van der Waals surface area contributed by atoms with Crippen LogP contribution in [0.4, 0.5) is 4.39 Å². The van der Waals surface area contributed by atoms with Gasteiger partial charge in [0.05, 0.1) is 11.6 Å². The lowest BCUT2D eigenvalue weighted by Crippen LogP contribution is -2.10. The number of halogens is 2. The highest BCUT2D eigenvalue weighted by molar-refractivity contribution is 9.10. The summed E-state index contributed by atoms with van der Waals surface area (Å²) in [6.07, 6.45) is 0.466. The van der Waals surface area contributed by atoms with Crippen LogP contribution in [0, 0.1) is 5.82 Å². The molecule has 1 aromatic carbocycles. The summed E-state index contributed by atoms with van der Waals surface area (Å²) in [6, 6.07) is 6.95. The smallest absolute Gasteiger partial charge is 0.312 e. The molecule has 108 valence electrons. The van der Waals surface area contributed by atoms with Crippen LogP contribution in [0.2, 0.25) is 0 Å². The summed E-state index contributed by atoms with van der Waals surface area (Å²) in [5.74, 6) is -2.14. The average molecular weight is 352 g/mol. The van der Waals surface area contributed by atoms with Gasteiger partial charge in [-0.25, -0.2) is 4.39 Å². The molecule has 1 atom stereocenters. The number of carboxylic acids is 1. The molecule has 2 aromatic rings. The Morgan fingerprint density at radius 2 is 1.95 bits per heavy atom. The molecule has 1 N–H and O–H groups in total. The van der Waals surface area contributed by atoms with Gasteiger partial charge < -0.3 is 9.67 Å². The first-order valence-corrected chi connectivity index (χ1v) is 7.20. The topological polar surface area (TPSA) is 59.3 Å². The standard InChI is InChI=1S/C15H11BrFNO3/c16-11-7-12(14(19)8-1-3-9(17)4-2-8)18-6-5-10(13(11)18)15(20)21/h1-4,7,10H,5-6H2,(H,20,21). The number of carboxylic acid groups (broad SMARTS) is 1. The molecular formula is C15H11BrFNO3. The summed E-state index contributed by atoms with van der Waals surface area (Å²) in [6.45, 7) is 0.486. The lowest BCUT2D eigenvalue weighted by Gasteiger charge is -2.05. The molecule has 0 aliphatic carbocycles. The fourth-order valence-electron chi connectivity index (χ4n) is 2.70. The molecule has 6 heteroatoms. The second-order valence-corrected chi connectivity index (χ2v) is 5.78. The van der Waals surface area contributed by atoms with Gasteiger partial charge in [-0.1, -0.05) is 0 Å². The van der Waals surface area contributed by atoms with E-state index in [1.54, 1.807) is 10.6 Å². The molecule has 2 heterocycles. The molecule has 21 heavy (non-hydrogen) atoms. The van der Waals surface area contributed by atoms with Crippen LogP contribution in [0.1, 0.15) is 34.1 Å². The van der Waals surface area contributed by atoms with Crippen LogP contribution in [0.5, 0.6) is 0 Å². The van der Waals surface area contributed by atoms with Crippen molar-refractivity contribution in [3.63, 3.8) is 0 Å². The molecule has 1 aliphatic heterocycles. The van der Waals surface area contributed by atoms with Crippen molar-refractivity contribution in [1.82, 2.24) is 4.57 Å². The number of carbonyl (C=O) groups is 2. The van der Waals surface area contributed by atoms with Gasteiger partial charge in [0.1, 0.15) is 5.82 Å². The second kappa shape index (κ2) is 5.11. The van der Waals surface area contributed by atoms with Crippen molar-refractivity contribution in [2.75, 3.05) is 0 Å². The fourth-order valence-corrected chi connectivity index (χ4v) is 3.41. The number of carbonyl (C=O) groups excluding carboxylic acids is 1. The maximum Gasteiger partial charge on any atom is 0.312 e. The number of ketones is 1. The summed E-state index contributed by atoms with van der Waals surface area (Å²) < 4.78 is 15.3. The van der Waals surface area contributed by atoms with E-state index in [1.165, 1.54) is 24.3 Å². The highest BCUT2D eigenvalue weighted by Gasteiger charge is 2.34. The monoisotopic (exact) mass is 351 g/mol. The van der Waals surface area contributed by atoms with Gasteiger partial charge in [-0.3, -0.25) is 9.59 Å². The number of hydrogen-bond acceptors (Lipinski definition) is 2. The minimum atomic E-state index is -0.895. The summed E-state index contributed by atoms with van der Waals surface area (Å²) in [5, 5.41) is 9.22. The van der Waals surface area contributed by atoms with Crippen molar-refractivity contribution in [1.29, 1.82) is 0 Å². The van der Waals surface area contributed by atoms with Crippen LogP contribution in [0.15, 0.2) is 34.8 Å². The first-order valence-electron chi connectivity index (χ1n) is 6.41. The molecule has 0 amide bonds. The number of aliphatic carboxylic acids is 1. The predicted molar refractivity (Wildman–Crippen MR) is 77.0 cm³/mol. The van der Waals surface area contributed by atoms with E-state index in [0.29, 0.717) is 34.4 Å². The van der Waals surface area contributed by atoms with Gasteiger partial charge in [0.2, 0.25) is 5.78 Å². The molecule has 0 saturated carbocycles. The predicted octanol–water partition coefficient (Wildman–Crippen LogP) is 3.19. The summed E-state index contributed by atoms with van der Waals surface area (Å²) in [7, 11) is 0. The minimum absolute atomic E-state index is 0.243. The maximum absolute atomic E-state index is 12.9. The van der Waals surface area contributed by atoms with E-state index in [4.69, 9.17) is 0 Å². The van der Waals surface area contributed by atoms with E-state index in [0.717, 1.165) is 0 Å². The number of hydrogen-bond donors (Lipinski definition) is 1. The lowest BCUT2D eigenvalue weighted by molar-refractivity contribution is -0.138. The third-order valence-electron chi connectivity index (χ3n) is 3.70. The fraction of sp³-hybridized carbons (Fsp3) is 0.200. The molecule has 0 fully saturated rings. The van der Waals surface area contributed by atoms with Crippen LogP contribution < -0.4 is 0 Å². The van der Waals surface area contributed by atoms with Gasteiger partial charge in [-0.2, -0.15) is 0 Å². The second-order valence-electron chi connectivity index (χ2n) is 4.93. The molecular weight excluding hydrogens is 341 g/mol. The van der Waals surface area contributed by atoms with Crippen LogP contribution in [0.3, 0.4) is 0 Å². The molecule has 0 bridgehead atoms. The van der Waals surface area contributed by atoms with Crippen molar-refractivity contribution in [3.05, 3.63) is 57.6 Å². The Morgan fingerprint density at radius 1 is 1.29 bits per heavy atom. The first kappa shape index (κ1) is 14.0. The summed E-state index contributed by atoms with van der Waals surface area (Å²) in [4.78, 5) is 23.7. The number of rotatable bonds is 3. The number of fused-ring (bicyclic) bond motifs is 1. The largest absolute Gasteiger partial charge is 0.481 e. The van der Waals surface area contributed by atoms with Crippen LogP contribution in [0.25, 0.3) is 0 Å². The Morgan fingerprint density at radius 3 is 2.57 bits per heavy atom. The molecule has 0 radical (unpaired) electrons. The van der Waals surface area contributed by atoms with Gasteiger partial charge in [0, 0.05) is 22.3 Å². The summed E-state index contributed by atoms with van der Waals surface area (Å²) in [5.41, 5.74) is 1.42. The van der Waals surface area contributed by atoms with Crippen LogP contribution in [-0.4, -0.2) is 21.4 Å². The van der Waals surface area contributed by atoms with Crippen LogP contribution in [-0.2, 0) is 11.3 Å². The highest BCUT2D eigenvalue weighted by Crippen LogP contribution is 2.37. The Kier molecular flexibility index (Phi) is 3.41. The Hall–Kier alpha value is -1.95. The molecule has 0 saturated heterocycles. The van der Waals surface area contributed by atoms with Gasteiger partial charge in [-0.15, -0.1) is 0 Å². The molecule has 4 nitrogen and oxygen atoms in total. The Labute approximate surface area is 128 Å². The van der Waals surface area contributed by atoms with Gasteiger partial charge >= 0.3 is 5.97 Å². The van der Waals surface area contributed by atoms with E-state index in [9.17, 15) is 19.1 Å². The third-order valence-corrected chi connectivity index (χ3v) is 4.33. The number of aromatic nitrogens is 1. The van der Waals surface area contributed by atoms with E-state index in [1.807, 2.05) is 0 Å². The molecule has 0 spiro atoms. The molecule has 1 aliphatic rings. The Bertz CT molecular complexity index is 736. The zero-order valence-corrected chi connectivity index (χ0v) is 12.4. The highest BCUT2D eigenvalue weighted by atomic mass is 79.9. The SMILES string of the molecule is O=C(c1ccc(F)cc1)c1cc(Br)c2n1CCC2C(=O)O. The van der Waals surface area contributed by atoms with Gasteiger partial charge in [0.15, 0.2) is 0 Å². The zero-order chi connectivity index (χ0) is 15.1. The summed E-state index contributed by atoms with van der Waals surface area (Å²) >= 11 is 3.33. The maximum atomic E-state index is 12.9. The molecule has 1 unspecified atom stereocenters. The molecule has 3 rings (SSSR count). The van der Waals surface area contributed by atoms with Gasteiger partial charge in [0.25, 0.3) is 0 Å². The lowest BCUT2D eigenvalue weighted by atomic mass is 10.1. The number of benzene rings is 1. The van der Waals surface area contributed by atoms with Crippen molar-refractivity contribution in [2.24, 2.45) is 0 Å². The van der Waals surface area contributed by atoms with E-state index in [-0.39, 0.29) is 5.78 Å². The van der Waals surface area contributed by atoms with E-state index >= 15 is 0 Å². The van der Waals surface area contributed by atoms with Crippen molar-refractivity contribution >= 4 is 27.7 Å².